The van der Waals surface area contributed by atoms with Gasteiger partial charge in [-0.05, 0) is 0 Å². The van der Waals surface area contributed by atoms with Crippen molar-refractivity contribution in [2.24, 2.45) is 0 Å². The second-order valence-corrected chi connectivity index (χ2v) is 2.28. The summed E-state index contributed by atoms with van der Waals surface area (Å²) in [6.45, 7) is 0. The summed E-state index contributed by atoms with van der Waals surface area (Å²) in [7, 11) is 0. The van der Waals surface area contributed by atoms with Crippen LogP contribution in [-0.4, -0.2) is 25.3 Å². The Morgan fingerprint density at radius 1 is 1.38 bits per heavy atom. The first-order chi connectivity index (χ1) is 6.20. The number of H-pyrrole nitrogens is 2. The van der Waals surface area contributed by atoms with Crippen LogP contribution in [0.5, 0.6) is 0 Å². The van der Waals surface area contributed by atoms with Crippen LogP contribution in [-0.2, 0) is 0 Å². The zero-order valence-corrected chi connectivity index (χ0v) is 6.14. The van der Waals surface area contributed by atoms with Gasteiger partial charge in [0.15, 0.2) is 11.0 Å². The van der Waals surface area contributed by atoms with Gasteiger partial charge >= 0.3 is 5.69 Å². The standard InChI is InChI=1S/C5H3N5O3/c11-5-4-3(7-9-8-4)2(1-6-5)10(12)13/h1H,(H,6,11)(H,7,8,9). The highest BCUT2D eigenvalue weighted by Gasteiger charge is 2.16. The number of aromatic nitrogens is 4. The normalized spacial score (nSPS) is 10.5. The minimum absolute atomic E-state index is 0.0336. The molecular formula is C5H3N5O3. The lowest BCUT2D eigenvalue weighted by atomic mass is 10.3. The first-order valence-electron chi connectivity index (χ1n) is 3.26. The van der Waals surface area contributed by atoms with E-state index in [-0.39, 0.29) is 16.7 Å². The minimum atomic E-state index is -0.638. The number of aromatic amines is 2. The quantitative estimate of drug-likeness (QED) is 0.456. The minimum Gasteiger partial charge on any atom is -0.321 e. The van der Waals surface area contributed by atoms with Gasteiger partial charge < -0.3 is 4.98 Å². The molecule has 2 heterocycles. The Morgan fingerprint density at radius 2 is 2.08 bits per heavy atom. The Bertz CT molecular complexity index is 526. The summed E-state index contributed by atoms with van der Waals surface area (Å²) in [6.07, 6.45) is 0.993. The maximum Gasteiger partial charge on any atom is 0.315 e. The molecule has 0 atom stereocenters. The maximum absolute atomic E-state index is 11.0. The molecule has 2 aromatic rings. The predicted molar refractivity (Wildman–Crippen MR) is 41.2 cm³/mol. The maximum atomic E-state index is 11.0. The van der Waals surface area contributed by atoms with Crippen LogP contribution in [0.4, 0.5) is 5.69 Å². The van der Waals surface area contributed by atoms with Gasteiger partial charge in [-0.25, -0.2) is 0 Å². The fraction of sp³-hybridized carbons (Fsp3) is 0. The van der Waals surface area contributed by atoms with E-state index in [4.69, 9.17) is 0 Å². The molecule has 8 nitrogen and oxygen atoms in total. The second-order valence-electron chi connectivity index (χ2n) is 2.28. The number of pyridine rings is 1. The van der Waals surface area contributed by atoms with E-state index in [1.54, 1.807) is 0 Å². The lowest BCUT2D eigenvalue weighted by molar-refractivity contribution is -0.383. The van der Waals surface area contributed by atoms with E-state index in [1.807, 2.05) is 0 Å². The Morgan fingerprint density at radius 3 is 2.77 bits per heavy atom. The van der Waals surface area contributed by atoms with Gasteiger partial charge in [0, 0.05) is 0 Å². The topological polar surface area (TPSA) is 118 Å². The Hall–Kier alpha value is -2.25. The molecule has 0 amide bonds. The van der Waals surface area contributed by atoms with Crippen LogP contribution in [0.15, 0.2) is 11.0 Å². The van der Waals surface area contributed by atoms with E-state index in [1.165, 1.54) is 0 Å². The molecule has 0 fully saturated rings. The van der Waals surface area contributed by atoms with Crippen LogP contribution in [0.1, 0.15) is 0 Å². The van der Waals surface area contributed by atoms with Crippen molar-refractivity contribution < 1.29 is 4.92 Å². The average molecular weight is 181 g/mol. The Kier molecular flexibility index (Phi) is 1.35. The zero-order chi connectivity index (χ0) is 9.42. The summed E-state index contributed by atoms with van der Waals surface area (Å²) in [5.41, 5.74) is -0.874. The molecule has 8 heteroatoms. The first kappa shape index (κ1) is 7.40. The van der Waals surface area contributed by atoms with Gasteiger partial charge in [-0.2, -0.15) is 5.21 Å². The summed E-state index contributed by atoms with van der Waals surface area (Å²) in [6, 6.07) is 0. The molecule has 0 aliphatic rings. The third kappa shape index (κ3) is 0.956. The van der Waals surface area contributed by atoms with Crippen molar-refractivity contribution in [3.8, 4) is 0 Å². The fourth-order valence-electron chi connectivity index (χ4n) is 0.978. The molecule has 0 unspecified atom stereocenters. The van der Waals surface area contributed by atoms with Crippen molar-refractivity contribution in [3.63, 3.8) is 0 Å². The third-order valence-electron chi connectivity index (χ3n) is 1.54. The van der Waals surface area contributed by atoms with Gasteiger partial charge in [0.25, 0.3) is 5.56 Å². The van der Waals surface area contributed by atoms with Crippen LogP contribution in [0, 0.1) is 10.1 Å². The highest BCUT2D eigenvalue weighted by molar-refractivity contribution is 5.81. The predicted octanol–water partition coefficient (Wildman–Crippen LogP) is -0.446. The van der Waals surface area contributed by atoms with Crippen LogP contribution in [0.3, 0.4) is 0 Å². The van der Waals surface area contributed by atoms with Crippen LogP contribution < -0.4 is 5.56 Å². The lowest BCUT2D eigenvalue weighted by Gasteiger charge is -1.88. The molecule has 66 valence electrons. The van der Waals surface area contributed by atoms with Gasteiger partial charge in [-0.1, -0.05) is 0 Å². The average Bonchev–Trinajstić information content (AvgIpc) is 2.53. The molecule has 0 spiro atoms. The number of hydrogen-bond acceptors (Lipinski definition) is 5. The van der Waals surface area contributed by atoms with Gasteiger partial charge in [0.2, 0.25) is 0 Å². The molecule has 13 heavy (non-hydrogen) atoms. The van der Waals surface area contributed by atoms with E-state index in [0.717, 1.165) is 6.20 Å². The number of nitrogens with zero attached hydrogens (tertiary/aromatic N) is 3. The molecule has 0 saturated heterocycles. The van der Waals surface area contributed by atoms with Crippen LogP contribution in [0.2, 0.25) is 0 Å². The van der Waals surface area contributed by atoms with E-state index in [0.29, 0.717) is 0 Å². The molecule has 2 N–H and O–H groups in total. The number of nitrogens with one attached hydrogen (secondary N) is 2. The number of fused-ring (bicyclic) bond motifs is 1. The molecule has 0 aliphatic heterocycles. The summed E-state index contributed by atoms with van der Waals surface area (Å²) < 4.78 is 0. The van der Waals surface area contributed by atoms with Crippen LogP contribution >= 0.6 is 0 Å². The monoisotopic (exact) mass is 181 g/mol. The van der Waals surface area contributed by atoms with Gasteiger partial charge in [-0.3, -0.25) is 14.9 Å². The van der Waals surface area contributed by atoms with Gasteiger partial charge in [0.05, 0.1) is 11.1 Å². The fourth-order valence-corrected chi connectivity index (χ4v) is 0.978. The molecule has 2 rings (SSSR count). The van der Waals surface area contributed by atoms with Gasteiger partial charge in [-0.15, -0.1) is 10.2 Å². The van der Waals surface area contributed by atoms with Crippen molar-refractivity contribution >= 4 is 16.7 Å². The molecule has 0 aromatic carbocycles. The summed E-state index contributed by atoms with van der Waals surface area (Å²) in [5, 5.41) is 19.6. The van der Waals surface area contributed by atoms with Gasteiger partial charge in [0.1, 0.15) is 0 Å². The Balaban J connectivity index is 2.94. The summed E-state index contributed by atoms with van der Waals surface area (Å²) >= 11 is 0. The lowest BCUT2D eigenvalue weighted by Crippen LogP contribution is -2.06. The largest absolute Gasteiger partial charge is 0.321 e. The van der Waals surface area contributed by atoms with E-state index in [2.05, 4.69) is 20.4 Å². The number of nitro groups is 1. The molecule has 0 aliphatic carbocycles. The van der Waals surface area contributed by atoms with E-state index >= 15 is 0 Å². The van der Waals surface area contributed by atoms with Crippen molar-refractivity contribution in [3.05, 3.63) is 26.7 Å². The second kappa shape index (κ2) is 2.37. The highest BCUT2D eigenvalue weighted by atomic mass is 16.6. The van der Waals surface area contributed by atoms with Crippen molar-refractivity contribution in [1.29, 1.82) is 0 Å². The first-order valence-corrected chi connectivity index (χ1v) is 3.26. The molecule has 0 saturated carbocycles. The zero-order valence-electron chi connectivity index (χ0n) is 6.14. The highest BCUT2D eigenvalue weighted by Crippen LogP contribution is 2.16. The summed E-state index contributed by atoms with van der Waals surface area (Å²) in [5.74, 6) is 0. The third-order valence-corrected chi connectivity index (χ3v) is 1.54. The SMILES string of the molecule is O=c1[nH]cc([N+](=O)[O-])c2n[nH]nc12. The number of hydrogen-bond donors (Lipinski definition) is 2. The molecule has 0 radical (unpaired) electrons. The van der Waals surface area contributed by atoms with E-state index < -0.39 is 10.5 Å². The summed E-state index contributed by atoms with van der Waals surface area (Å²) in [4.78, 5) is 23.0. The Labute approximate surface area is 69.7 Å². The smallest absolute Gasteiger partial charge is 0.315 e. The van der Waals surface area contributed by atoms with Crippen LogP contribution in [0.25, 0.3) is 11.0 Å². The number of rotatable bonds is 1. The van der Waals surface area contributed by atoms with Crippen molar-refractivity contribution in [2.45, 2.75) is 0 Å². The van der Waals surface area contributed by atoms with E-state index in [9.17, 15) is 14.9 Å². The molecule has 2 aromatic heterocycles. The van der Waals surface area contributed by atoms with Crippen molar-refractivity contribution in [1.82, 2.24) is 20.4 Å². The molecular weight excluding hydrogens is 178 g/mol. The van der Waals surface area contributed by atoms with Crippen molar-refractivity contribution in [2.75, 3.05) is 0 Å². The molecule has 0 bridgehead atoms.